The van der Waals surface area contributed by atoms with Gasteiger partial charge in [0, 0.05) is 71.7 Å². The van der Waals surface area contributed by atoms with Crippen LogP contribution in [-0.2, 0) is 4.79 Å². The first-order chi connectivity index (χ1) is 20.2. The number of rotatable bonds is 9. The van der Waals surface area contributed by atoms with Crippen LogP contribution in [0.25, 0.3) is 22.2 Å². The highest BCUT2D eigenvalue weighted by molar-refractivity contribution is 6.33. The maximum Gasteiger partial charge on any atom is 0.251 e. The number of likely N-dealkylation sites (N-methyl/N-ethyl adjacent to an activating group) is 2. The van der Waals surface area contributed by atoms with Crippen molar-refractivity contribution in [1.29, 1.82) is 0 Å². The first-order valence-corrected chi connectivity index (χ1v) is 14.2. The van der Waals surface area contributed by atoms with E-state index in [1.807, 2.05) is 56.5 Å². The van der Waals surface area contributed by atoms with E-state index < -0.39 is 0 Å². The molecule has 1 saturated heterocycles. The summed E-state index contributed by atoms with van der Waals surface area (Å²) < 4.78 is 0. The van der Waals surface area contributed by atoms with Crippen molar-refractivity contribution in [3.8, 4) is 11.3 Å². The number of para-hydroxylation sites is 1. The number of fused-ring (bicyclic) bond motifs is 1. The van der Waals surface area contributed by atoms with Gasteiger partial charge in [-0.15, -0.1) is 0 Å². The second-order valence-corrected chi connectivity index (χ2v) is 11.2. The molecule has 1 aliphatic rings. The Bertz CT molecular complexity index is 1580. The Balaban J connectivity index is 1.20. The summed E-state index contributed by atoms with van der Waals surface area (Å²) in [6.07, 6.45) is 7.53. The van der Waals surface area contributed by atoms with Crippen LogP contribution in [0.2, 0.25) is 5.02 Å². The highest BCUT2D eigenvalue weighted by atomic mass is 35.5. The smallest absolute Gasteiger partial charge is 0.251 e. The van der Waals surface area contributed by atoms with E-state index in [1.54, 1.807) is 36.5 Å². The lowest BCUT2D eigenvalue weighted by molar-refractivity contribution is -0.111. The number of piperidine rings is 1. The molecule has 4 N–H and O–H groups in total. The van der Waals surface area contributed by atoms with Crippen molar-refractivity contribution in [2.24, 2.45) is 0 Å². The van der Waals surface area contributed by atoms with Gasteiger partial charge in [0.1, 0.15) is 0 Å². The highest BCUT2D eigenvalue weighted by Gasteiger charge is 2.27. The minimum Gasteiger partial charge on any atom is -0.360 e. The molecule has 42 heavy (non-hydrogen) atoms. The van der Waals surface area contributed by atoms with Crippen LogP contribution in [0.3, 0.4) is 0 Å². The fourth-order valence-electron chi connectivity index (χ4n) is 5.13. The molecule has 1 fully saturated rings. The van der Waals surface area contributed by atoms with Crippen molar-refractivity contribution in [2.75, 3.05) is 51.4 Å². The number of hydrogen-bond donors (Lipinski definition) is 4. The van der Waals surface area contributed by atoms with Crippen LogP contribution in [0, 0.1) is 0 Å². The average molecular weight is 587 g/mol. The number of aromatic nitrogens is 3. The van der Waals surface area contributed by atoms with E-state index in [1.165, 1.54) is 6.08 Å². The van der Waals surface area contributed by atoms with E-state index >= 15 is 0 Å². The standard InChI is InChI=1S/C31H35ClN8O2/c1-39(2)14-6-9-28(41)35-21-12-10-20(11-13-21)30(42)36-22-15-23(19-40(3)18-22)37-31-34-17-26(32)29(38-31)25-16-33-27-8-5-4-7-24(25)27/h4-13,16-17,22-23,33H,14-15,18-19H2,1-3H3,(H,35,41)(H,36,42)(H,34,37,38)/b9-6+/t22-,23+/m0/s1. The average Bonchev–Trinajstić information content (AvgIpc) is 3.38. The van der Waals surface area contributed by atoms with E-state index in [4.69, 9.17) is 16.6 Å². The maximum atomic E-state index is 13.0. The van der Waals surface area contributed by atoms with Gasteiger partial charge >= 0.3 is 0 Å². The number of benzene rings is 2. The van der Waals surface area contributed by atoms with E-state index in [0.717, 1.165) is 29.6 Å². The van der Waals surface area contributed by atoms with Gasteiger partial charge in [0.15, 0.2) is 0 Å². The van der Waals surface area contributed by atoms with Crippen molar-refractivity contribution in [2.45, 2.75) is 18.5 Å². The van der Waals surface area contributed by atoms with Crippen LogP contribution < -0.4 is 16.0 Å². The van der Waals surface area contributed by atoms with Crippen LogP contribution in [-0.4, -0.2) is 89.4 Å². The SMILES string of the molecule is CN(C)C/C=C/C(=O)Nc1ccc(C(=O)N[C@H]2C[C@@H](Nc3ncc(Cl)c(-c4c[nH]c5ccccc45)n3)CN(C)C2)cc1. The molecule has 0 radical (unpaired) electrons. The molecule has 0 bridgehead atoms. The number of H-pyrrole nitrogens is 1. The topological polar surface area (TPSA) is 118 Å². The van der Waals surface area contributed by atoms with Gasteiger partial charge in [-0.05, 0) is 57.9 Å². The van der Waals surface area contributed by atoms with Gasteiger partial charge in [-0.1, -0.05) is 35.9 Å². The molecular formula is C31H35ClN8O2. The molecule has 0 aliphatic carbocycles. The zero-order valence-electron chi connectivity index (χ0n) is 23.9. The number of nitrogens with zero attached hydrogens (tertiary/aromatic N) is 4. The fraction of sp³-hybridized carbons (Fsp3) is 0.290. The summed E-state index contributed by atoms with van der Waals surface area (Å²) in [7, 11) is 5.89. The van der Waals surface area contributed by atoms with Gasteiger partial charge in [-0.3, -0.25) is 9.59 Å². The number of anilines is 2. The zero-order chi connectivity index (χ0) is 29.6. The number of amides is 2. The molecule has 0 saturated carbocycles. The van der Waals surface area contributed by atoms with E-state index in [-0.39, 0.29) is 23.9 Å². The van der Waals surface area contributed by atoms with Crippen LogP contribution in [0.1, 0.15) is 16.8 Å². The molecule has 2 atom stereocenters. The Hall–Kier alpha value is -4.25. The van der Waals surface area contributed by atoms with Crippen LogP contribution >= 0.6 is 11.6 Å². The largest absolute Gasteiger partial charge is 0.360 e. The predicted octanol–water partition coefficient (Wildman–Crippen LogP) is 4.25. The summed E-state index contributed by atoms with van der Waals surface area (Å²) in [5, 5.41) is 10.9. The Kier molecular flexibility index (Phi) is 9.16. The molecule has 2 amide bonds. The maximum absolute atomic E-state index is 13.0. The third-order valence-electron chi connectivity index (χ3n) is 7.04. The summed E-state index contributed by atoms with van der Waals surface area (Å²) >= 11 is 6.51. The van der Waals surface area contributed by atoms with Crippen molar-refractivity contribution in [1.82, 2.24) is 30.1 Å². The molecule has 4 aromatic rings. The lowest BCUT2D eigenvalue weighted by Crippen LogP contribution is -2.53. The van der Waals surface area contributed by atoms with E-state index in [9.17, 15) is 9.59 Å². The molecule has 2 aromatic carbocycles. The first-order valence-electron chi connectivity index (χ1n) is 13.8. The number of carbonyl (C=O) groups is 2. The summed E-state index contributed by atoms with van der Waals surface area (Å²) in [5.74, 6) is 0.109. The van der Waals surface area contributed by atoms with Crippen LogP contribution in [0.15, 0.2) is 73.1 Å². The summed E-state index contributed by atoms with van der Waals surface area (Å²) in [4.78, 5) is 41.7. The lowest BCUT2D eigenvalue weighted by atomic mass is 10.0. The monoisotopic (exact) mass is 586 g/mol. The van der Waals surface area contributed by atoms with Gasteiger partial charge in [0.05, 0.1) is 16.9 Å². The number of nitrogens with one attached hydrogen (secondary N) is 4. The molecule has 5 rings (SSSR count). The Labute approximate surface area is 250 Å². The summed E-state index contributed by atoms with van der Waals surface area (Å²) in [6, 6.07) is 14.8. The quantitative estimate of drug-likeness (QED) is 0.217. The molecule has 1 aliphatic heterocycles. The molecule has 2 aromatic heterocycles. The molecule has 0 unspecified atom stereocenters. The zero-order valence-corrected chi connectivity index (χ0v) is 24.7. The van der Waals surface area contributed by atoms with Gasteiger partial charge in [0.2, 0.25) is 11.9 Å². The lowest BCUT2D eigenvalue weighted by Gasteiger charge is -2.36. The molecule has 0 spiro atoms. The molecule has 3 heterocycles. The van der Waals surface area contributed by atoms with Crippen LogP contribution in [0.4, 0.5) is 11.6 Å². The number of halogens is 1. The molecule has 11 heteroatoms. The number of likely N-dealkylation sites (tertiary alicyclic amines) is 1. The van der Waals surface area contributed by atoms with Gasteiger partial charge in [0.25, 0.3) is 5.91 Å². The predicted molar refractivity (Wildman–Crippen MR) is 168 cm³/mol. The van der Waals surface area contributed by atoms with Crippen molar-refractivity contribution < 1.29 is 9.59 Å². The third-order valence-corrected chi connectivity index (χ3v) is 7.32. The number of carbonyl (C=O) groups excluding carboxylic acids is 2. The second-order valence-electron chi connectivity index (χ2n) is 10.8. The van der Waals surface area contributed by atoms with Crippen molar-refractivity contribution in [3.05, 3.63) is 83.7 Å². The van der Waals surface area contributed by atoms with Crippen LogP contribution in [0.5, 0.6) is 0 Å². The minimum absolute atomic E-state index is 0.0178. The van der Waals surface area contributed by atoms with E-state index in [0.29, 0.717) is 40.9 Å². The van der Waals surface area contributed by atoms with Crippen molar-refractivity contribution in [3.63, 3.8) is 0 Å². The fourth-order valence-corrected chi connectivity index (χ4v) is 5.33. The Morgan fingerprint density at radius 1 is 1.12 bits per heavy atom. The normalized spacial score (nSPS) is 17.5. The van der Waals surface area contributed by atoms with Gasteiger partial charge < -0.3 is 30.7 Å². The Morgan fingerprint density at radius 3 is 2.67 bits per heavy atom. The second kappa shape index (κ2) is 13.2. The number of hydrogen-bond acceptors (Lipinski definition) is 7. The van der Waals surface area contributed by atoms with Crippen molar-refractivity contribution >= 4 is 46.0 Å². The van der Waals surface area contributed by atoms with E-state index in [2.05, 4.69) is 30.8 Å². The first kappa shape index (κ1) is 29.2. The highest BCUT2D eigenvalue weighted by Crippen LogP contribution is 2.32. The number of aromatic amines is 1. The Morgan fingerprint density at radius 2 is 1.88 bits per heavy atom. The molecule has 218 valence electrons. The van der Waals surface area contributed by atoms with Gasteiger partial charge in [-0.2, -0.15) is 0 Å². The third kappa shape index (κ3) is 7.33. The summed E-state index contributed by atoms with van der Waals surface area (Å²) in [6.45, 7) is 2.18. The van der Waals surface area contributed by atoms with Gasteiger partial charge in [-0.25, -0.2) is 9.97 Å². The molecular weight excluding hydrogens is 552 g/mol. The molecule has 10 nitrogen and oxygen atoms in total. The minimum atomic E-state index is -0.212. The summed E-state index contributed by atoms with van der Waals surface area (Å²) in [5.41, 5.74) is 3.74.